The van der Waals surface area contributed by atoms with Gasteiger partial charge in [-0.15, -0.1) is 0 Å². The van der Waals surface area contributed by atoms with Crippen LogP contribution in [0.15, 0.2) is 48.5 Å². The number of para-hydroxylation sites is 4. The lowest BCUT2D eigenvalue weighted by atomic mass is 10.0. The van der Waals surface area contributed by atoms with E-state index in [0.29, 0.717) is 35.7 Å². The van der Waals surface area contributed by atoms with Crippen molar-refractivity contribution in [3.8, 4) is 11.5 Å². The van der Waals surface area contributed by atoms with Crippen molar-refractivity contribution in [2.75, 3.05) is 11.5 Å². The van der Waals surface area contributed by atoms with E-state index in [9.17, 15) is 9.59 Å². The summed E-state index contributed by atoms with van der Waals surface area (Å²) in [5.74, 6) is 0.486. The Bertz CT molecular complexity index is 813. The lowest BCUT2D eigenvalue weighted by Crippen LogP contribution is -2.08. The van der Waals surface area contributed by atoms with Crippen molar-refractivity contribution in [2.24, 2.45) is 0 Å². The number of carbonyl (C=O) groups is 2. The lowest BCUT2D eigenvalue weighted by molar-refractivity contribution is -0.135. The molecule has 4 N–H and O–H groups in total. The monoisotopic (exact) mass is 482 g/mol. The van der Waals surface area contributed by atoms with Gasteiger partial charge in [-0.1, -0.05) is 94.9 Å². The third kappa shape index (κ3) is 12.9. The van der Waals surface area contributed by atoms with E-state index in [2.05, 4.69) is 0 Å². The number of anilines is 2. The topological polar surface area (TPSA) is 105 Å². The number of carbonyl (C=O) groups excluding carboxylic acids is 2. The highest BCUT2D eigenvalue weighted by molar-refractivity contribution is 5.75. The number of unbranched alkanes of at least 4 members (excludes halogenated alkanes) is 12. The Morgan fingerprint density at radius 2 is 0.771 bits per heavy atom. The molecule has 0 aliphatic rings. The summed E-state index contributed by atoms with van der Waals surface area (Å²) in [6, 6.07) is 14.2. The zero-order valence-corrected chi connectivity index (χ0v) is 21.0. The Labute approximate surface area is 210 Å². The first kappa shape index (κ1) is 28.2. The van der Waals surface area contributed by atoms with Gasteiger partial charge in [0.25, 0.3) is 0 Å². The smallest absolute Gasteiger partial charge is 0.311 e. The van der Waals surface area contributed by atoms with Gasteiger partial charge in [-0.25, -0.2) is 0 Å². The van der Waals surface area contributed by atoms with Crippen molar-refractivity contribution >= 4 is 23.3 Å². The van der Waals surface area contributed by atoms with Gasteiger partial charge in [0, 0.05) is 12.8 Å². The number of nitrogens with two attached hydrogens (primary N) is 2. The minimum atomic E-state index is -0.208. The zero-order valence-electron chi connectivity index (χ0n) is 21.0. The molecular formula is C29H42N2O4. The van der Waals surface area contributed by atoms with Gasteiger partial charge in [-0.3, -0.25) is 9.59 Å². The van der Waals surface area contributed by atoms with Crippen LogP contribution in [0.5, 0.6) is 11.5 Å². The molecule has 192 valence electrons. The van der Waals surface area contributed by atoms with E-state index in [4.69, 9.17) is 20.9 Å². The van der Waals surface area contributed by atoms with Crippen LogP contribution in [0.2, 0.25) is 0 Å². The van der Waals surface area contributed by atoms with E-state index in [1.165, 1.54) is 57.8 Å². The average Bonchev–Trinajstić information content (AvgIpc) is 2.84. The van der Waals surface area contributed by atoms with Crippen LogP contribution in [-0.2, 0) is 9.59 Å². The fourth-order valence-corrected chi connectivity index (χ4v) is 3.98. The summed E-state index contributed by atoms with van der Waals surface area (Å²) in [6.45, 7) is 0. The van der Waals surface area contributed by atoms with Crippen LogP contribution in [0.25, 0.3) is 0 Å². The molecule has 0 aliphatic carbocycles. The molecule has 0 spiro atoms. The molecule has 6 heteroatoms. The van der Waals surface area contributed by atoms with Gasteiger partial charge in [0.15, 0.2) is 11.5 Å². The average molecular weight is 483 g/mol. The Morgan fingerprint density at radius 3 is 1.09 bits per heavy atom. The summed E-state index contributed by atoms with van der Waals surface area (Å²) in [5, 5.41) is 0. The van der Waals surface area contributed by atoms with Gasteiger partial charge in [0.1, 0.15) is 0 Å². The largest absolute Gasteiger partial charge is 0.424 e. The highest BCUT2D eigenvalue weighted by Gasteiger charge is 2.08. The Morgan fingerprint density at radius 1 is 0.486 bits per heavy atom. The number of nitrogen functional groups attached to an aromatic ring is 2. The van der Waals surface area contributed by atoms with Crippen LogP contribution in [0.1, 0.15) is 96.3 Å². The third-order valence-electron chi connectivity index (χ3n) is 6.05. The molecule has 2 rings (SSSR count). The maximum atomic E-state index is 11.9. The second-order valence-corrected chi connectivity index (χ2v) is 9.12. The molecule has 35 heavy (non-hydrogen) atoms. The molecule has 0 fully saturated rings. The number of esters is 2. The van der Waals surface area contributed by atoms with Gasteiger partial charge >= 0.3 is 11.9 Å². The molecule has 2 aromatic rings. The molecule has 0 heterocycles. The molecule has 2 aromatic carbocycles. The van der Waals surface area contributed by atoms with Crippen molar-refractivity contribution in [1.29, 1.82) is 0 Å². The first-order chi connectivity index (χ1) is 17.1. The van der Waals surface area contributed by atoms with Crippen LogP contribution in [0, 0.1) is 0 Å². The predicted octanol–water partition coefficient (Wildman–Crippen LogP) is 7.21. The van der Waals surface area contributed by atoms with Crippen LogP contribution in [0.3, 0.4) is 0 Å². The summed E-state index contributed by atoms with van der Waals surface area (Å²) >= 11 is 0. The first-order valence-corrected chi connectivity index (χ1v) is 13.2. The van der Waals surface area contributed by atoms with Gasteiger partial charge in [-0.05, 0) is 37.1 Å². The van der Waals surface area contributed by atoms with E-state index in [0.717, 1.165) is 25.7 Å². The maximum Gasteiger partial charge on any atom is 0.311 e. The Hall–Kier alpha value is -3.02. The molecule has 0 atom stereocenters. The number of rotatable bonds is 18. The van der Waals surface area contributed by atoms with Crippen LogP contribution < -0.4 is 20.9 Å². The molecule has 0 aromatic heterocycles. The highest BCUT2D eigenvalue weighted by atomic mass is 16.5. The van der Waals surface area contributed by atoms with E-state index >= 15 is 0 Å². The molecule has 0 bridgehead atoms. The predicted molar refractivity (Wildman–Crippen MR) is 142 cm³/mol. The SMILES string of the molecule is Nc1ccccc1OC(=O)CCCCCCCCCCCCCCCC(=O)Oc1ccccc1N. The van der Waals surface area contributed by atoms with Gasteiger partial charge in [-0.2, -0.15) is 0 Å². The number of hydrogen-bond donors (Lipinski definition) is 2. The van der Waals surface area contributed by atoms with Crippen LogP contribution in [-0.4, -0.2) is 11.9 Å². The van der Waals surface area contributed by atoms with Crippen LogP contribution in [0.4, 0.5) is 11.4 Å². The normalized spacial score (nSPS) is 10.7. The second kappa shape index (κ2) is 17.4. The summed E-state index contributed by atoms with van der Waals surface area (Å²) in [5.41, 5.74) is 12.6. The zero-order chi connectivity index (χ0) is 25.1. The second-order valence-electron chi connectivity index (χ2n) is 9.12. The van der Waals surface area contributed by atoms with Crippen molar-refractivity contribution in [2.45, 2.75) is 96.3 Å². The molecule has 0 saturated carbocycles. The van der Waals surface area contributed by atoms with E-state index in [1.54, 1.807) is 24.3 Å². The van der Waals surface area contributed by atoms with Gasteiger partial charge < -0.3 is 20.9 Å². The lowest BCUT2D eigenvalue weighted by Gasteiger charge is -2.07. The van der Waals surface area contributed by atoms with Gasteiger partial charge in [0.05, 0.1) is 11.4 Å². The van der Waals surface area contributed by atoms with Crippen molar-refractivity contribution in [3.05, 3.63) is 48.5 Å². The Kier molecular flexibility index (Phi) is 14.0. The van der Waals surface area contributed by atoms with Crippen molar-refractivity contribution in [3.63, 3.8) is 0 Å². The fraction of sp³-hybridized carbons (Fsp3) is 0.517. The molecular weight excluding hydrogens is 440 g/mol. The number of ether oxygens (including phenoxy) is 2. The van der Waals surface area contributed by atoms with E-state index < -0.39 is 0 Å². The van der Waals surface area contributed by atoms with E-state index in [-0.39, 0.29) is 11.9 Å². The van der Waals surface area contributed by atoms with Crippen molar-refractivity contribution in [1.82, 2.24) is 0 Å². The summed E-state index contributed by atoms with van der Waals surface area (Å²) in [7, 11) is 0. The molecule has 0 saturated heterocycles. The minimum absolute atomic E-state index is 0.208. The van der Waals surface area contributed by atoms with Crippen LogP contribution >= 0.6 is 0 Å². The summed E-state index contributed by atoms with van der Waals surface area (Å²) in [4.78, 5) is 23.8. The standard InChI is InChI=1S/C29H42N2O4/c30-24-18-14-16-20-26(24)34-28(32)22-12-10-8-6-4-2-1-3-5-7-9-11-13-23-29(33)35-27-21-17-15-19-25(27)31/h14-21H,1-13,22-23,30-31H2. The third-order valence-corrected chi connectivity index (χ3v) is 6.05. The quantitative estimate of drug-likeness (QED) is 0.101. The molecule has 0 unspecified atom stereocenters. The number of benzene rings is 2. The molecule has 6 nitrogen and oxygen atoms in total. The highest BCUT2D eigenvalue weighted by Crippen LogP contribution is 2.22. The summed E-state index contributed by atoms with van der Waals surface area (Å²) in [6.07, 6.45) is 15.9. The van der Waals surface area contributed by atoms with Crippen molar-refractivity contribution < 1.29 is 19.1 Å². The summed E-state index contributed by atoms with van der Waals surface area (Å²) < 4.78 is 10.6. The Balaban J connectivity index is 1.32. The van der Waals surface area contributed by atoms with Gasteiger partial charge in [0.2, 0.25) is 0 Å². The molecule has 0 amide bonds. The van der Waals surface area contributed by atoms with E-state index in [1.807, 2.05) is 24.3 Å². The fourth-order valence-electron chi connectivity index (χ4n) is 3.98. The maximum absolute atomic E-state index is 11.9. The minimum Gasteiger partial charge on any atom is -0.424 e. The first-order valence-electron chi connectivity index (χ1n) is 13.2. The number of hydrogen-bond acceptors (Lipinski definition) is 6. The molecule has 0 aliphatic heterocycles. The molecule has 0 radical (unpaired) electrons.